The Balaban J connectivity index is 0.922. The third kappa shape index (κ3) is 5.11. The van der Waals surface area contributed by atoms with Crippen molar-refractivity contribution in [3.63, 3.8) is 0 Å². The van der Waals surface area contributed by atoms with E-state index in [0.717, 1.165) is 83.2 Å². The number of nitrogens with zero attached hydrogens (tertiary/aromatic N) is 3. The summed E-state index contributed by atoms with van der Waals surface area (Å²) in [7, 11) is 0. The normalized spacial score (nSPS) is 14.5. The fourth-order valence-corrected chi connectivity index (χ4v) is 8.51. The van der Waals surface area contributed by atoms with Gasteiger partial charge in [0.05, 0.1) is 11.0 Å². The summed E-state index contributed by atoms with van der Waals surface area (Å²) in [6, 6.07) is 63.4. The smallest absolute Gasteiger partial charge is 0.159 e. The summed E-state index contributed by atoms with van der Waals surface area (Å²) in [5.74, 6) is 1.39. The molecule has 0 fully saturated rings. The number of hydrogen-bond acceptors (Lipinski definition) is 5. The predicted octanol–water partition coefficient (Wildman–Crippen LogP) is 12.7. The Kier molecular flexibility index (Phi) is 6.89. The molecular weight excluding hydrogens is 701 g/mol. The molecule has 0 aliphatic carbocycles. The van der Waals surface area contributed by atoms with Gasteiger partial charge in [0.1, 0.15) is 34.3 Å². The first-order chi connectivity index (χ1) is 28.2. The molecule has 12 rings (SSSR count). The van der Waals surface area contributed by atoms with E-state index in [9.17, 15) is 0 Å². The highest BCUT2D eigenvalue weighted by Gasteiger charge is 2.23. The summed E-state index contributed by atoms with van der Waals surface area (Å²) < 4.78 is 15.2. The summed E-state index contributed by atoms with van der Waals surface area (Å²) in [5, 5.41) is 10.4. The average Bonchev–Trinajstić information content (AvgIpc) is 3.95. The number of aromatic nitrogens is 1. The van der Waals surface area contributed by atoms with Crippen molar-refractivity contribution in [3.8, 4) is 16.8 Å². The van der Waals surface area contributed by atoms with Crippen LogP contribution in [0.3, 0.4) is 0 Å². The second-order valence-electron chi connectivity index (χ2n) is 14.6. The minimum absolute atomic E-state index is 0.377. The molecule has 0 amide bonds. The Bertz CT molecular complexity index is 3440. The van der Waals surface area contributed by atoms with Crippen LogP contribution >= 0.6 is 0 Å². The van der Waals surface area contributed by atoms with Crippen molar-refractivity contribution in [3.05, 3.63) is 199 Å². The van der Waals surface area contributed by atoms with Crippen LogP contribution in [-0.4, -0.2) is 16.2 Å². The number of nitrogens with one attached hydrogen (secondary N) is 1. The molecule has 0 spiro atoms. The Morgan fingerprint density at radius 1 is 0.421 bits per heavy atom. The van der Waals surface area contributed by atoms with Crippen molar-refractivity contribution in [1.82, 2.24) is 9.88 Å². The second kappa shape index (κ2) is 12.4. The first-order valence-corrected chi connectivity index (χ1v) is 19.2. The molecule has 1 aliphatic heterocycles. The Morgan fingerprint density at radius 3 is 1.82 bits per heavy atom. The molecule has 4 heterocycles. The van der Waals surface area contributed by atoms with Gasteiger partial charge in [-0.3, -0.25) is 0 Å². The van der Waals surface area contributed by atoms with Crippen molar-refractivity contribution >= 4 is 77.4 Å². The lowest BCUT2D eigenvalue weighted by Crippen LogP contribution is -2.33. The number of fused-ring (bicyclic) bond motifs is 9. The van der Waals surface area contributed by atoms with Crippen LogP contribution in [0.2, 0.25) is 0 Å². The van der Waals surface area contributed by atoms with Crippen LogP contribution in [0, 0.1) is 0 Å². The molecule has 1 unspecified atom stereocenters. The van der Waals surface area contributed by atoms with Gasteiger partial charge < -0.3 is 18.7 Å². The maximum absolute atomic E-state index is 6.64. The average molecular weight is 733 g/mol. The highest BCUT2D eigenvalue weighted by molar-refractivity contribution is 6.15. The molecule has 8 aromatic carbocycles. The molecule has 6 heteroatoms. The van der Waals surface area contributed by atoms with Crippen LogP contribution in [0.15, 0.2) is 201 Å². The summed E-state index contributed by atoms with van der Waals surface area (Å²) in [6.07, 6.45) is -0.377. The minimum Gasteiger partial charge on any atom is -0.456 e. The van der Waals surface area contributed by atoms with E-state index in [-0.39, 0.29) is 6.17 Å². The molecule has 0 saturated heterocycles. The van der Waals surface area contributed by atoms with Gasteiger partial charge in [-0.05, 0) is 77.9 Å². The number of aliphatic imine (C=N–C) groups is 2. The van der Waals surface area contributed by atoms with Crippen molar-refractivity contribution in [2.45, 2.75) is 6.17 Å². The topological polar surface area (TPSA) is 68.0 Å². The molecule has 0 saturated carbocycles. The van der Waals surface area contributed by atoms with Gasteiger partial charge in [-0.1, -0.05) is 115 Å². The first-order valence-electron chi connectivity index (χ1n) is 19.2. The van der Waals surface area contributed by atoms with E-state index in [4.69, 9.17) is 18.8 Å². The van der Waals surface area contributed by atoms with E-state index in [1.54, 1.807) is 0 Å². The van der Waals surface area contributed by atoms with E-state index in [1.165, 1.54) is 21.8 Å². The van der Waals surface area contributed by atoms with Gasteiger partial charge in [0.2, 0.25) is 0 Å². The molecular formula is C51H32N4O2. The van der Waals surface area contributed by atoms with Gasteiger partial charge >= 0.3 is 0 Å². The van der Waals surface area contributed by atoms with Crippen molar-refractivity contribution in [2.24, 2.45) is 9.98 Å². The number of hydrogen-bond donors (Lipinski definition) is 1. The number of benzene rings is 8. The lowest BCUT2D eigenvalue weighted by Gasteiger charge is -2.23. The van der Waals surface area contributed by atoms with Gasteiger partial charge in [0.25, 0.3) is 0 Å². The largest absolute Gasteiger partial charge is 0.456 e. The van der Waals surface area contributed by atoms with Gasteiger partial charge in [-0.25, -0.2) is 9.98 Å². The number of amidine groups is 2. The SMILES string of the molecule is c1ccc(C2=NC(c3ccc4c(c3)oc3ccccc34)NC(c3ccc4c(c3)oc3cc(-c5ccc6c(c5)c5ccccc5n6-c5ccccc5)ccc34)=N2)cc1. The van der Waals surface area contributed by atoms with E-state index in [1.807, 2.05) is 48.5 Å². The molecule has 57 heavy (non-hydrogen) atoms. The Labute approximate surface area is 326 Å². The standard InChI is InChI=1S/C51H32N4O2/c1-3-11-31(12-4-1)49-52-50(34-20-24-39-38-16-8-10-18-45(38)56-47(39)29-34)54-51(53-49)35-21-25-41-40-23-19-33(28-46(40)57-48(41)30-35)32-22-26-44-42(27-32)37-15-7-9-17-43(37)55(44)36-13-5-2-6-14-36/h1-30,50H,(H,52,53,54). The summed E-state index contributed by atoms with van der Waals surface area (Å²) in [5.41, 5.74) is 12.0. The summed E-state index contributed by atoms with van der Waals surface area (Å²) >= 11 is 0. The molecule has 0 radical (unpaired) electrons. The molecule has 3 aromatic heterocycles. The van der Waals surface area contributed by atoms with Crippen LogP contribution in [0.25, 0.3) is 82.5 Å². The molecule has 1 aliphatic rings. The van der Waals surface area contributed by atoms with Crippen LogP contribution in [0.4, 0.5) is 0 Å². The predicted molar refractivity (Wildman–Crippen MR) is 233 cm³/mol. The lowest BCUT2D eigenvalue weighted by molar-refractivity contribution is 0.654. The van der Waals surface area contributed by atoms with Crippen LogP contribution in [0.5, 0.6) is 0 Å². The zero-order valence-corrected chi connectivity index (χ0v) is 30.6. The fraction of sp³-hybridized carbons (Fsp3) is 0.0196. The Morgan fingerprint density at radius 2 is 1.00 bits per heavy atom. The van der Waals surface area contributed by atoms with Gasteiger partial charge in [-0.15, -0.1) is 0 Å². The molecule has 1 N–H and O–H groups in total. The van der Waals surface area contributed by atoms with E-state index in [2.05, 4.69) is 143 Å². The zero-order chi connectivity index (χ0) is 37.5. The number of furan rings is 2. The first kappa shape index (κ1) is 31.6. The van der Waals surface area contributed by atoms with Crippen molar-refractivity contribution in [2.75, 3.05) is 0 Å². The molecule has 0 bridgehead atoms. The highest BCUT2D eigenvalue weighted by atomic mass is 16.3. The Hall–Kier alpha value is -7.70. The van der Waals surface area contributed by atoms with Gasteiger partial charge in [0, 0.05) is 54.7 Å². The van der Waals surface area contributed by atoms with Crippen LogP contribution < -0.4 is 5.32 Å². The van der Waals surface area contributed by atoms with E-state index >= 15 is 0 Å². The molecule has 268 valence electrons. The fourth-order valence-electron chi connectivity index (χ4n) is 8.51. The summed E-state index contributed by atoms with van der Waals surface area (Å²) in [4.78, 5) is 10.2. The minimum atomic E-state index is -0.377. The maximum Gasteiger partial charge on any atom is 0.159 e. The van der Waals surface area contributed by atoms with Gasteiger partial charge in [0.15, 0.2) is 5.84 Å². The third-order valence-corrected chi connectivity index (χ3v) is 11.3. The zero-order valence-electron chi connectivity index (χ0n) is 30.6. The molecule has 11 aromatic rings. The maximum atomic E-state index is 6.64. The molecule has 6 nitrogen and oxygen atoms in total. The monoisotopic (exact) mass is 732 g/mol. The van der Waals surface area contributed by atoms with Crippen LogP contribution in [0.1, 0.15) is 22.9 Å². The van der Waals surface area contributed by atoms with Crippen LogP contribution in [-0.2, 0) is 0 Å². The quantitative estimate of drug-likeness (QED) is 0.192. The number of para-hydroxylation sites is 3. The number of rotatable bonds is 5. The summed E-state index contributed by atoms with van der Waals surface area (Å²) in [6.45, 7) is 0. The van der Waals surface area contributed by atoms with Crippen molar-refractivity contribution < 1.29 is 8.83 Å². The van der Waals surface area contributed by atoms with Crippen molar-refractivity contribution in [1.29, 1.82) is 0 Å². The van der Waals surface area contributed by atoms with Gasteiger partial charge in [-0.2, -0.15) is 0 Å². The van der Waals surface area contributed by atoms with E-state index < -0.39 is 0 Å². The third-order valence-electron chi connectivity index (χ3n) is 11.3. The highest BCUT2D eigenvalue weighted by Crippen LogP contribution is 2.38. The second-order valence-corrected chi connectivity index (χ2v) is 14.6. The lowest BCUT2D eigenvalue weighted by atomic mass is 10.0. The molecule has 1 atom stereocenters. The van der Waals surface area contributed by atoms with E-state index in [0.29, 0.717) is 5.84 Å².